The molecular formula is C19H23N4P. The van der Waals surface area contributed by atoms with Crippen molar-refractivity contribution in [2.75, 3.05) is 18.0 Å². The van der Waals surface area contributed by atoms with Gasteiger partial charge in [-0.1, -0.05) is 36.4 Å². The number of aromatic nitrogens is 2. The Balaban J connectivity index is 1.74. The Morgan fingerprint density at radius 2 is 1.75 bits per heavy atom. The lowest BCUT2D eigenvalue weighted by atomic mass is 10.1. The predicted octanol–water partition coefficient (Wildman–Crippen LogP) is 2.51. The molecule has 0 saturated carbocycles. The highest BCUT2D eigenvalue weighted by molar-refractivity contribution is 7.27. The number of fused-ring (bicyclic) bond motifs is 1. The van der Waals surface area contributed by atoms with Crippen LogP contribution < -0.4 is 15.9 Å². The molecule has 0 aliphatic carbocycles. The molecule has 24 heavy (non-hydrogen) atoms. The van der Waals surface area contributed by atoms with Crippen LogP contribution in [0.4, 0.5) is 5.95 Å². The summed E-state index contributed by atoms with van der Waals surface area (Å²) in [6.07, 6.45) is 2.07. The van der Waals surface area contributed by atoms with E-state index in [2.05, 4.69) is 67.2 Å². The van der Waals surface area contributed by atoms with E-state index in [1.165, 1.54) is 16.4 Å². The van der Waals surface area contributed by atoms with Crippen molar-refractivity contribution in [3.8, 4) is 0 Å². The first-order valence-corrected chi connectivity index (χ1v) is 9.08. The van der Waals surface area contributed by atoms with Crippen molar-refractivity contribution in [2.45, 2.75) is 25.4 Å². The molecule has 0 spiro atoms. The third kappa shape index (κ3) is 3.04. The van der Waals surface area contributed by atoms with Gasteiger partial charge in [0.2, 0.25) is 5.95 Å². The van der Waals surface area contributed by atoms with Gasteiger partial charge >= 0.3 is 0 Å². The van der Waals surface area contributed by atoms with Crippen LogP contribution in [0.1, 0.15) is 18.4 Å². The summed E-state index contributed by atoms with van der Waals surface area (Å²) in [5.74, 6) is 1.07. The van der Waals surface area contributed by atoms with Gasteiger partial charge in [-0.05, 0) is 35.8 Å². The van der Waals surface area contributed by atoms with E-state index in [-0.39, 0.29) is 0 Å². The second-order valence-corrected chi connectivity index (χ2v) is 7.22. The fraction of sp³-hybridized carbons (Fsp3) is 0.316. The molecule has 1 atom stereocenters. The van der Waals surface area contributed by atoms with Crippen LogP contribution >= 0.6 is 9.24 Å². The fourth-order valence-corrected chi connectivity index (χ4v) is 3.56. The number of anilines is 1. The van der Waals surface area contributed by atoms with Crippen molar-refractivity contribution in [3.63, 3.8) is 0 Å². The van der Waals surface area contributed by atoms with Gasteiger partial charge in [-0.2, -0.15) is 0 Å². The highest BCUT2D eigenvalue weighted by Crippen LogP contribution is 2.26. The molecule has 0 radical (unpaired) electrons. The molecule has 5 heteroatoms. The quantitative estimate of drug-likeness (QED) is 0.747. The van der Waals surface area contributed by atoms with Crippen molar-refractivity contribution in [3.05, 3.63) is 54.1 Å². The summed E-state index contributed by atoms with van der Waals surface area (Å²) in [7, 11) is 2.74. The molecule has 1 aliphatic heterocycles. The molecule has 0 bridgehead atoms. The van der Waals surface area contributed by atoms with Crippen LogP contribution in [0.15, 0.2) is 48.5 Å². The molecule has 1 fully saturated rings. The third-order valence-corrected chi connectivity index (χ3v) is 5.16. The number of hydrogen-bond donors (Lipinski definition) is 1. The van der Waals surface area contributed by atoms with Crippen LogP contribution in [0.2, 0.25) is 0 Å². The molecule has 2 N–H and O–H groups in total. The van der Waals surface area contributed by atoms with Gasteiger partial charge in [-0.25, -0.2) is 4.98 Å². The number of benzene rings is 2. The minimum Gasteiger partial charge on any atom is -0.342 e. The van der Waals surface area contributed by atoms with E-state index in [0.29, 0.717) is 6.04 Å². The summed E-state index contributed by atoms with van der Waals surface area (Å²) < 4.78 is 2.34. The van der Waals surface area contributed by atoms with Gasteiger partial charge < -0.3 is 15.2 Å². The number of nitrogens with two attached hydrogens (primary N) is 1. The molecule has 2 aromatic carbocycles. The van der Waals surface area contributed by atoms with Crippen molar-refractivity contribution < 1.29 is 0 Å². The second kappa shape index (κ2) is 6.54. The zero-order valence-corrected chi connectivity index (χ0v) is 14.9. The smallest absolute Gasteiger partial charge is 0.206 e. The highest BCUT2D eigenvalue weighted by Gasteiger charge is 2.22. The Hall–Kier alpha value is -1.90. The molecule has 124 valence electrons. The van der Waals surface area contributed by atoms with Gasteiger partial charge in [0.15, 0.2) is 0 Å². The predicted molar refractivity (Wildman–Crippen MR) is 104 cm³/mol. The fourth-order valence-electron chi connectivity index (χ4n) is 3.37. The zero-order chi connectivity index (χ0) is 16.5. The van der Waals surface area contributed by atoms with E-state index < -0.39 is 0 Å². The van der Waals surface area contributed by atoms with Crippen LogP contribution in [0.25, 0.3) is 11.0 Å². The van der Waals surface area contributed by atoms with Gasteiger partial charge in [0, 0.05) is 19.1 Å². The molecule has 1 unspecified atom stereocenters. The lowest BCUT2D eigenvalue weighted by molar-refractivity contribution is 0.491. The second-order valence-electron chi connectivity index (χ2n) is 6.55. The number of rotatable bonds is 3. The molecule has 1 aromatic heterocycles. The molecule has 4 nitrogen and oxygen atoms in total. The summed E-state index contributed by atoms with van der Waals surface area (Å²) in [6, 6.07) is 17.4. The normalized spacial score (nSPS) is 16.0. The van der Waals surface area contributed by atoms with Crippen molar-refractivity contribution in [1.82, 2.24) is 9.55 Å². The van der Waals surface area contributed by atoms with Gasteiger partial charge in [-0.15, -0.1) is 9.24 Å². The SMILES string of the molecule is NC1CCN(c2nc3ccccc3n2Cc2ccc(P)cc2)CC1. The minimum absolute atomic E-state index is 0.327. The largest absolute Gasteiger partial charge is 0.342 e. The van der Waals surface area contributed by atoms with Crippen LogP contribution in [-0.2, 0) is 6.54 Å². The molecular weight excluding hydrogens is 315 g/mol. The monoisotopic (exact) mass is 338 g/mol. The van der Waals surface area contributed by atoms with E-state index in [4.69, 9.17) is 10.7 Å². The number of hydrogen-bond acceptors (Lipinski definition) is 3. The van der Waals surface area contributed by atoms with Crippen LogP contribution in [0.5, 0.6) is 0 Å². The van der Waals surface area contributed by atoms with E-state index in [1.54, 1.807) is 0 Å². The summed E-state index contributed by atoms with van der Waals surface area (Å²) in [5.41, 5.74) is 9.61. The Kier molecular flexibility index (Phi) is 4.26. The van der Waals surface area contributed by atoms with Crippen LogP contribution in [-0.4, -0.2) is 28.7 Å². The van der Waals surface area contributed by atoms with Crippen molar-refractivity contribution in [2.24, 2.45) is 5.73 Å². The zero-order valence-electron chi connectivity index (χ0n) is 13.7. The first-order chi connectivity index (χ1) is 11.7. The maximum atomic E-state index is 6.07. The molecule has 0 amide bonds. The number of para-hydroxylation sites is 2. The third-order valence-electron chi connectivity index (χ3n) is 4.78. The average molecular weight is 338 g/mol. The summed E-state index contributed by atoms with van der Waals surface area (Å²) in [4.78, 5) is 7.30. The van der Waals surface area contributed by atoms with Gasteiger partial charge in [0.1, 0.15) is 0 Å². The molecule has 1 saturated heterocycles. The Bertz CT molecular complexity index is 832. The lowest BCUT2D eigenvalue weighted by Gasteiger charge is -2.31. The van der Waals surface area contributed by atoms with Crippen molar-refractivity contribution >= 4 is 31.5 Å². The Morgan fingerprint density at radius 3 is 2.50 bits per heavy atom. The maximum Gasteiger partial charge on any atom is 0.206 e. The highest BCUT2D eigenvalue weighted by atomic mass is 31.0. The van der Waals surface area contributed by atoms with Crippen molar-refractivity contribution in [1.29, 1.82) is 0 Å². The molecule has 1 aliphatic rings. The Morgan fingerprint density at radius 1 is 1.04 bits per heavy atom. The van der Waals surface area contributed by atoms with Crippen LogP contribution in [0, 0.1) is 0 Å². The van der Waals surface area contributed by atoms with E-state index in [1.807, 2.05) is 0 Å². The lowest BCUT2D eigenvalue weighted by Crippen LogP contribution is -2.40. The standard InChI is InChI=1S/C19H23N4P/c20-15-9-11-22(12-10-15)19-21-17-3-1-2-4-18(17)23(19)13-14-5-7-16(24)8-6-14/h1-8,15H,9-13,20,24H2. The average Bonchev–Trinajstić information content (AvgIpc) is 2.96. The molecule has 4 rings (SSSR count). The number of nitrogens with zero attached hydrogens (tertiary/aromatic N) is 3. The first-order valence-electron chi connectivity index (χ1n) is 8.51. The van der Waals surface area contributed by atoms with E-state index in [0.717, 1.165) is 43.9 Å². The van der Waals surface area contributed by atoms with Gasteiger partial charge in [0.05, 0.1) is 17.6 Å². The Labute approximate surface area is 144 Å². The summed E-state index contributed by atoms with van der Waals surface area (Å²) in [5, 5.41) is 1.21. The number of imidazole rings is 1. The minimum atomic E-state index is 0.327. The maximum absolute atomic E-state index is 6.07. The topological polar surface area (TPSA) is 47.1 Å². The first kappa shape index (κ1) is 15.6. The molecule has 3 aromatic rings. The van der Waals surface area contributed by atoms with Gasteiger partial charge in [0.25, 0.3) is 0 Å². The van der Waals surface area contributed by atoms with Gasteiger partial charge in [-0.3, -0.25) is 0 Å². The summed E-state index contributed by atoms with van der Waals surface area (Å²) >= 11 is 0. The summed E-state index contributed by atoms with van der Waals surface area (Å²) in [6.45, 7) is 2.80. The van der Waals surface area contributed by atoms with E-state index >= 15 is 0 Å². The van der Waals surface area contributed by atoms with Crippen LogP contribution in [0.3, 0.4) is 0 Å². The van der Waals surface area contributed by atoms with E-state index in [9.17, 15) is 0 Å². The number of piperidine rings is 1. The molecule has 2 heterocycles.